The highest BCUT2D eigenvalue weighted by Crippen LogP contribution is 2.41. The summed E-state index contributed by atoms with van der Waals surface area (Å²) in [5.41, 5.74) is 2.27. The van der Waals surface area contributed by atoms with E-state index in [0.717, 1.165) is 5.56 Å². The first-order valence-corrected chi connectivity index (χ1v) is 8.26. The first-order chi connectivity index (χ1) is 10.4. The average Bonchev–Trinajstić information content (AvgIpc) is 2.68. The summed E-state index contributed by atoms with van der Waals surface area (Å²) in [5, 5.41) is 9.53. The molecule has 1 aliphatic rings. The zero-order chi connectivity index (χ0) is 15.9. The Hall–Kier alpha value is -2.23. The summed E-state index contributed by atoms with van der Waals surface area (Å²) in [5.74, 6) is 0. The van der Waals surface area contributed by atoms with Gasteiger partial charge in [0.25, 0.3) is 0 Å². The topological polar surface area (TPSA) is 64.4 Å². The molecule has 0 bridgehead atoms. The first-order valence-electron chi connectivity index (χ1n) is 6.48. The van der Waals surface area contributed by atoms with Crippen molar-refractivity contribution in [2.45, 2.75) is 6.54 Å². The van der Waals surface area contributed by atoms with E-state index in [-0.39, 0.29) is 6.54 Å². The van der Waals surface area contributed by atoms with E-state index in [4.69, 9.17) is 16.9 Å². The van der Waals surface area contributed by atoms with Crippen molar-refractivity contribution >= 4 is 33.2 Å². The standard InChI is InChI=1S/C15H12ClN3O2S/c1-18-15-8-11(9-17)5-6-14(15)19(22(18,20)21)10-12-3-2-4-13(16)7-12/h2-8H,10H2,1H3. The third-order valence-electron chi connectivity index (χ3n) is 3.55. The second-order valence-electron chi connectivity index (χ2n) is 4.93. The van der Waals surface area contributed by atoms with Gasteiger partial charge in [-0.1, -0.05) is 23.7 Å². The number of nitriles is 1. The molecule has 0 N–H and O–H groups in total. The summed E-state index contributed by atoms with van der Waals surface area (Å²) in [7, 11) is -2.17. The van der Waals surface area contributed by atoms with Gasteiger partial charge in [0.05, 0.1) is 29.6 Å². The molecule has 112 valence electrons. The van der Waals surface area contributed by atoms with Crippen LogP contribution in [0.15, 0.2) is 42.5 Å². The van der Waals surface area contributed by atoms with Crippen LogP contribution in [-0.4, -0.2) is 15.5 Å². The van der Waals surface area contributed by atoms with E-state index in [0.29, 0.717) is 22.0 Å². The number of rotatable bonds is 2. The molecule has 0 atom stereocenters. The number of hydrogen-bond donors (Lipinski definition) is 0. The summed E-state index contributed by atoms with van der Waals surface area (Å²) in [6.07, 6.45) is 0. The molecule has 0 aliphatic carbocycles. The van der Waals surface area contributed by atoms with Gasteiger partial charge in [-0.05, 0) is 35.9 Å². The SMILES string of the molecule is CN1c2cc(C#N)ccc2N(Cc2cccc(Cl)c2)S1(=O)=O. The summed E-state index contributed by atoms with van der Waals surface area (Å²) >= 11 is 5.96. The van der Waals surface area contributed by atoms with Crippen LogP contribution in [0.1, 0.15) is 11.1 Å². The first kappa shape index (κ1) is 14.7. The van der Waals surface area contributed by atoms with Crippen molar-refractivity contribution in [2.24, 2.45) is 0 Å². The van der Waals surface area contributed by atoms with Crippen LogP contribution >= 0.6 is 11.6 Å². The molecule has 2 aromatic rings. The van der Waals surface area contributed by atoms with Gasteiger partial charge in [0, 0.05) is 12.1 Å². The van der Waals surface area contributed by atoms with Crippen LogP contribution in [0, 0.1) is 11.3 Å². The lowest BCUT2D eigenvalue weighted by molar-refractivity contribution is 0.592. The molecule has 22 heavy (non-hydrogen) atoms. The molecule has 1 heterocycles. The van der Waals surface area contributed by atoms with Crippen molar-refractivity contribution in [3.63, 3.8) is 0 Å². The van der Waals surface area contributed by atoms with Crippen LogP contribution in [0.4, 0.5) is 11.4 Å². The van der Waals surface area contributed by atoms with E-state index in [1.807, 2.05) is 12.1 Å². The molecule has 7 heteroatoms. The second kappa shape index (κ2) is 5.20. The highest BCUT2D eigenvalue weighted by Gasteiger charge is 2.38. The third-order valence-corrected chi connectivity index (χ3v) is 5.56. The maximum Gasteiger partial charge on any atom is 0.326 e. The van der Waals surface area contributed by atoms with E-state index >= 15 is 0 Å². The lowest BCUT2D eigenvalue weighted by atomic mass is 10.1. The molecule has 0 radical (unpaired) electrons. The monoisotopic (exact) mass is 333 g/mol. The van der Waals surface area contributed by atoms with Crippen LogP contribution in [0.5, 0.6) is 0 Å². The average molecular weight is 334 g/mol. The Labute approximate surface area is 134 Å². The van der Waals surface area contributed by atoms with Gasteiger partial charge >= 0.3 is 10.2 Å². The fourth-order valence-electron chi connectivity index (χ4n) is 2.42. The normalized spacial score (nSPS) is 15.5. The minimum absolute atomic E-state index is 0.187. The maximum atomic E-state index is 12.6. The summed E-state index contributed by atoms with van der Waals surface area (Å²) in [4.78, 5) is 0. The van der Waals surface area contributed by atoms with Crippen LogP contribution < -0.4 is 8.61 Å². The van der Waals surface area contributed by atoms with Gasteiger partial charge in [-0.25, -0.2) is 4.31 Å². The van der Waals surface area contributed by atoms with Crippen LogP contribution in [0.25, 0.3) is 0 Å². The Morgan fingerprint density at radius 2 is 1.95 bits per heavy atom. The summed E-state index contributed by atoms with van der Waals surface area (Å²) in [6, 6.07) is 13.9. The van der Waals surface area contributed by atoms with Crippen molar-refractivity contribution in [1.82, 2.24) is 0 Å². The minimum atomic E-state index is -3.65. The Morgan fingerprint density at radius 3 is 2.64 bits per heavy atom. The molecule has 0 fully saturated rings. The summed E-state index contributed by atoms with van der Waals surface area (Å²) < 4.78 is 27.7. The number of nitrogens with zero attached hydrogens (tertiary/aromatic N) is 3. The number of anilines is 2. The van der Waals surface area contributed by atoms with Crippen molar-refractivity contribution in [2.75, 3.05) is 15.7 Å². The van der Waals surface area contributed by atoms with Gasteiger partial charge in [0.1, 0.15) is 0 Å². The van der Waals surface area contributed by atoms with Crippen molar-refractivity contribution in [1.29, 1.82) is 5.26 Å². The number of benzene rings is 2. The molecule has 0 aromatic heterocycles. The predicted molar refractivity (Wildman–Crippen MR) is 86.1 cm³/mol. The molecule has 3 rings (SSSR count). The van der Waals surface area contributed by atoms with Crippen LogP contribution in [-0.2, 0) is 16.8 Å². The Bertz CT molecular complexity index is 890. The molecule has 0 saturated heterocycles. The minimum Gasteiger partial charge on any atom is -0.254 e. The third kappa shape index (κ3) is 2.28. The Kier molecular flexibility index (Phi) is 3.47. The van der Waals surface area contributed by atoms with Crippen molar-refractivity contribution in [3.05, 3.63) is 58.6 Å². The van der Waals surface area contributed by atoms with E-state index < -0.39 is 10.2 Å². The van der Waals surface area contributed by atoms with Gasteiger partial charge in [-0.15, -0.1) is 0 Å². The number of hydrogen-bond acceptors (Lipinski definition) is 3. The van der Waals surface area contributed by atoms with E-state index in [1.54, 1.807) is 36.4 Å². The fourth-order valence-corrected chi connectivity index (χ4v) is 4.04. The fraction of sp³-hybridized carbons (Fsp3) is 0.133. The maximum absolute atomic E-state index is 12.6. The van der Waals surface area contributed by atoms with E-state index in [1.165, 1.54) is 15.7 Å². The molecule has 5 nitrogen and oxygen atoms in total. The lowest BCUT2D eigenvalue weighted by Crippen LogP contribution is -2.35. The highest BCUT2D eigenvalue weighted by molar-refractivity contribution is 7.94. The zero-order valence-electron chi connectivity index (χ0n) is 11.7. The predicted octanol–water partition coefficient (Wildman–Crippen LogP) is 2.91. The molecule has 0 spiro atoms. The van der Waals surface area contributed by atoms with Gasteiger partial charge in [-0.2, -0.15) is 13.7 Å². The van der Waals surface area contributed by atoms with E-state index in [9.17, 15) is 8.42 Å². The molecule has 0 amide bonds. The number of halogens is 1. The zero-order valence-corrected chi connectivity index (χ0v) is 13.3. The highest BCUT2D eigenvalue weighted by atomic mass is 35.5. The molecule has 0 saturated carbocycles. The summed E-state index contributed by atoms with van der Waals surface area (Å²) in [6.45, 7) is 0.187. The van der Waals surface area contributed by atoms with Gasteiger partial charge < -0.3 is 0 Å². The Balaban J connectivity index is 2.07. The quantitative estimate of drug-likeness (QED) is 0.848. The molecular weight excluding hydrogens is 322 g/mol. The molecule has 1 aliphatic heterocycles. The van der Waals surface area contributed by atoms with Gasteiger partial charge in [0.15, 0.2) is 0 Å². The molecule has 2 aromatic carbocycles. The molecular formula is C15H12ClN3O2S. The second-order valence-corrected chi connectivity index (χ2v) is 7.25. The van der Waals surface area contributed by atoms with E-state index in [2.05, 4.69) is 0 Å². The lowest BCUT2D eigenvalue weighted by Gasteiger charge is -2.19. The van der Waals surface area contributed by atoms with Gasteiger partial charge in [-0.3, -0.25) is 4.31 Å². The van der Waals surface area contributed by atoms with Crippen molar-refractivity contribution < 1.29 is 8.42 Å². The van der Waals surface area contributed by atoms with Crippen LogP contribution in [0.2, 0.25) is 5.02 Å². The largest absolute Gasteiger partial charge is 0.326 e. The Morgan fingerprint density at radius 1 is 1.18 bits per heavy atom. The van der Waals surface area contributed by atoms with Crippen LogP contribution in [0.3, 0.4) is 0 Å². The van der Waals surface area contributed by atoms with Gasteiger partial charge in [0.2, 0.25) is 0 Å². The molecule has 0 unspecified atom stereocenters. The van der Waals surface area contributed by atoms with Crippen molar-refractivity contribution in [3.8, 4) is 6.07 Å². The smallest absolute Gasteiger partial charge is 0.254 e. The number of fused-ring (bicyclic) bond motifs is 1.